The maximum Gasteiger partial charge on any atom is 0.255 e. The average molecular weight is 150 g/mol. The number of hydrogen-bond acceptors (Lipinski definition) is 3. The third-order valence-corrected chi connectivity index (χ3v) is 1.47. The Morgan fingerprint density at radius 3 is 3.27 bits per heavy atom. The van der Waals surface area contributed by atoms with Crippen LogP contribution in [0, 0.1) is 6.92 Å². The lowest BCUT2D eigenvalue weighted by atomic mass is 10.4. The van der Waals surface area contributed by atoms with Gasteiger partial charge in [0.05, 0.1) is 0 Å². The van der Waals surface area contributed by atoms with Crippen molar-refractivity contribution in [2.75, 3.05) is 0 Å². The molecular weight excluding hydrogens is 144 g/mol. The van der Waals surface area contributed by atoms with Crippen LogP contribution >= 0.6 is 0 Å². The minimum Gasteiger partial charge on any atom is -0.291 e. The van der Waals surface area contributed by atoms with E-state index < -0.39 is 0 Å². The van der Waals surface area contributed by atoms with Gasteiger partial charge in [0.2, 0.25) is 5.78 Å². The fourth-order valence-corrected chi connectivity index (χ4v) is 0.876. The number of rotatable bonds is 0. The monoisotopic (exact) mass is 150 g/mol. The van der Waals surface area contributed by atoms with Gasteiger partial charge in [-0.15, -0.1) is 0 Å². The molecule has 1 N–H and O–H groups in total. The van der Waals surface area contributed by atoms with Crippen LogP contribution in [0.25, 0.3) is 5.78 Å². The molecular formula is C6H6N4O. The number of hydrogen-bond donors (Lipinski definition) is 1. The van der Waals surface area contributed by atoms with Crippen LogP contribution in [-0.4, -0.2) is 19.6 Å². The van der Waals surface area contributed by atoms with Crippen molar-refractivity contribution in [1.29, 1.82) is 0 Å². The zero-order chi connectivity index (χ0) is 7.84. The van der Waals surface area contributed by atoms with Crippen LogP contribution in [0.1, 0.15) is 5.56 Å². The van der Waals surface area contributed by atoms with Crippen molar-refractivity contribution in [2.24, 2.45) is 0 Å². The number of H-pyrrole nitrogens is 1. The second kappa shape index (κ2) is 1.91. The van der Waals surface area contributed by atoms with E-state index in [0.717, 1.165) is 0 Å². The van der Waals surface area contributed by atoms with Gasteiger partial charge in [-0.1, -0.05) is 0 Å². The van der Waals surface area contributed by atoms with Crippen molar-refractivity contribution >= 4 is 5.78 Å². The Morgan fingerprint density at radius 2 is 2.45 bits per heavy atom. The third-order valence-electron chi connectivity index (χ3n) is 1.47. The van der Waals surface area contributed by atoms with Gasteiger partial charge in [0.1, 0.15) is 6.33 Å². The van der Waals surface area contributed by atoms with E-state index in [-0.39, 0.29) is 5.56 Å². The minimum absolute atomic E-state index is 0.120. The Balaban J connectivity index is 2.97. The number of aromatic amines is 1. The quantitative estimate of drug-likeness (QED) is 0.562. The van der Waals surface area contributed by atoms with Crippen LogP contribution in [0.2, 0.25) is 0 Å². The molecule has 0 bridgehead atoms. The van der Waals surface area contributed by atoms with Gasteiger partial charge in [-0.25, -0.2) is 4.52 Å². The highest BCUT2D eigenvalue weighted by atomic mass is 16.1. The zero-order valence-electron chi connectivity index (χ0n) is 5.90. The Bertz CT molecular complexity index is 441. The largest absolute Gasteiger partial charge is 0.291 e. The summed E-state index contributed by atoms with van der Waals surface area (Å²) in [6.07, 6.45) is 3.03. The first-order valence-electron chi connectivity index (χ1n) is 3.16. The van der Waals surface area contributed by atoms with Crippen LogP contribution in [0.4, 0.5) is 0 Å². The van der Waals surface area contributed by atoms with Gasteiger partial charge < -0.3 is 0 Å². The third kappa shape index (κ3) is 0.813. The molecule has 0 amide bonds. The van der Waals surface area contributed by atoms with Crippen molar-refractivity contribution in [3.63, 3.8) is 0 Å². The highest BCUT2D eigenvalue weighted by Gasteiger charge is 1.97. The van der Waals surface area contributed by atoms with E-state index in [1.165, 1.54) is 10.8 Å². The Hall–Kier alpha value is -1.65. The topological polar surface area (TPSA) is 63.1 Å². The SMILES string of the molecule is Cc1cn2ncnc2[nH]c1=O. The van der Waals surface area contributed by atoms with Crippen molar-refractivity contribution < 1.29 is 0 Å². The lowest BCUT2D eigenvalue weighted by Crippen LogP contribution is -2.11. The predicted molar refractivity (Wildman–Crippen MR) is 38.3 cm³/mol. The van der Waals surface area contributed by atoms with E-state index in [1.807, 2.05) is 0 Å². The van der Waals surface area contributed by atoms with Gasteiger partial charge >= 0.3 is 0 Å². The van der Waals surface area contributed by atoms with Crippen LogP contribution in [0.5, 0.6) is 0 Å². The maximum absolute atomic E-state index is 11.0. The number of nitrogens with one attached hydrogen (secondary N) is 1. The van der Waals surface area contributed by atoms with Crippen LogP contribution in [-0.2, 0) is 0 Å². The van der Waals surface area contributed by atoms with E-state index in [9.17, 15) is 4.79 Å². The molecule has 5 heteroatoms. The number of aromatic nitrogens is 4. The Morgan fingerprint density at radius 1 is 1.64 bits per heavy atom. The molecule has 2 heterocycles. The molecule has 2 rings (SSSR count). The van der Waals surface area contributed by atoms with E-state index >= 15 is 0 Å². The van der Waals surface area contributed by atoms with E-state index in [0.29, 0.717) is 11.3 Å². The fraction of sp³-hybridized carbons (Fsp3) is 0.167. The second-order valence-corrected chi connectivity index (χ2v) is 2.29. The predicted octanol–water partition coefficient (Wildman–Crippen LogP) is -0.274. The fourth-order valence-electron chi connectivity index (χ4n) is 0.876. The molecule has 0 aromatic carbocycles. The highest BCUT2D eigenvalue weighted by molar-refractivity contribution is 5.24. The minimum atomic E-state index is -0.120. The summed E-state index contributed by atoms with van der Waals surface area (Å²) >= 11 is 0. The van der Waals surface area contributed by atoms with Gasteiger partial charge in [-0.3, -0.25) is 9.78 Å². The molecule has 0 atom stereocenters. The van der Waals surface area contributed by atoms with Gasteiger partial charge in [0, 0.05) is 11.8 Å². The smallest absolute Gasteiger partial charge is 0.255 e. The molecule has 0 aliphatic carbocycles. The molecule has 56 valence electrons. The molecule has 2 aromatic heterocycles. The normalized spacial score (nSPS) is 10.6. The summed E-state index contributed by atoms with van der Waals surface area (Å²) < 4.78 is 1.52. The molecule has 5 nitrogen and oxygen atoms in total. The summed E-state index contributed by atoms with van der Waals surface area (Å²) in [6.45, 7) is 1.72. The van der Waals surface area contributed by atoms with Crippen LogP contribution in [0.3, 0.4) is 0 Å². The summed E-state index contributed by atoms with van der Waals surface area (Å²) in [5, 5.41) is 3.86. The summed E-state index contributed by atoms with van der Waals surface area (Å²) in [5.74, 6) is 0.473. The molecule has 0 saturated carbocycles. The molecule has 0 fully saturated rings. The van der Waals surface area contributed by atoms with Crippen molar-refractivity contribution in [2.45, 2.75) is 6.92 Å². The lowest BCUT2D eigenvalue weighted by Gasteiger charge is -1.91. The van der Waals surface area contributed by atoms with Crippen LogP contribution in [0.15, 0.2) is 17.3 Å². The zero-order valence-corrected chi connectivity index (χ0v) is 5.90. The van der Waals surface area contributed by atoms with Crippen LogP contribution < -0.4 is 5.56 Å². The van der Waals surface area contributed by atoms with Gasteiger partial charge in [0.15, 0.2) is 0 Å². The molecule has 0 radical (unpaired) electrons. The first-order chi connectivity index (χ1) is 5.27. The maximum atomic E-state index is 11.0. The summed E-state index contributed by atoms with van der Waals surface area (Å²) in [5.41, 5.74) is 0.508. The van der Waals surface area contributed by atoms with Gasteiger partial charge in [-0.05, 0) is 6.92 Å². The summed E-state index contributed by atoms with van der Waals surface area (Å²) in [6, 6.07) is 0. The van der Waals surface area contributed by atoms with E-state index in [2.05, 4.69) is 15.1 Å². The van der Waals surface area contributed by atoms with E-state index in [1.54, 1.807) is 13.1 Å². The molecule has 0 spiro atoms. The number of fused-ring (bicyclic) bond motifs is 1. The van der Waals surface area contributed by atoms with Crippen molar-refractivity contribution in [3.05, 3.63) is 28.4 Å². The van der Waals surface area contributed by atoms with Crippen molar-refractivity contribution in [3.8, 4) is 0 Å². The van der Waals surface area contributed by atoms with Gasteiger partial charge in [0.25, 0.3) is 5.56 Å². The average Bonchev–Trinajstić information content (AvgIpc) is 2.36. The Kier molecular flexibility index (Phi) is 1.06. The van der Waals surface area contributed by atoms with Gasteiger partial charge in [-0.2, -0.15) is 10.1 Å². The van der Waals surface area contributed by atoms with E-state index in [4.69, 9.17) is 0 Å². The number of nitrogens with zero attached hydrogens (tertiary/aromatic N) is 3. The summed E-state index contributed by atoms with van der Waals surface area (Å²) in [4.78, 5) is 17.4. The molecule has 11 heavy (non-hydrogen) atoms. The standard InChI is InChI=1S/C6H6N4O/c1-4-2-10-6(7-3-8-10)9-5(4)11/h2-3H,1H3,(H,7,8,9,11). The Labute approximate surface area is 61.7 Å². The lowest BCUT2D eigenvalue weighted by molar-refractivity contribution is 0.916. The molecule has 0 unspecified atom stereocenters. The highest BCUT2D eigenvalue weighted by Crippen LogP contribution is 1.90. The number of aryl methyl sites for hydroxylation is 1. The molecule has 0 aliphatic heterocycles. The summed E-state index contributed by atoms with van der Waals surface area (Å²) in [7, 11) is 0. The first kappa shape index (κ1) is 6.09. The van der Waals surface area contributed by atoms with Crippen molar-refractivity contribution in [1.82, 2.24) is 19.6 Å². The first-order valence-corrected chi connectivity index (χ1v) is 3.16. The second-order valence-electron chi connectivity index (χ2n) is 2.29. The molecule has 0 aliphatic rings. The molecule has 2 aromatic rings. The molecule has 0 saturated heterocycles.